The van der Waals surface area contributed by atoms with E-state index in [2.05, 4.69) is 41.2 Å². The number of aliphatic hydroxyl groups is 1. The van der Waals surface area contributed by atoms with Crippen LogP contribution >= 0.6 is 0 Å². The molecule has 0 spiro atoms. The third-order valence-electron chi connectivity index (χ3n) is 10.9. The molecule has 0 unspecified atom stereocenters. The van der Waals surface area contributed by atoms with Crippen LogP contribution in [0.2, 0.25) is 0 Å². The molecule has 0 bridgehead atoms. The Labute approximate surface area is 331 Å². The third-order valence-corrected chi connectivity index (χ3v) is 10.9. The average molecular weight is 751 g/mol. The van der Waals surface area contributed by atoms with E-state index in [0.29, 0.717) is 32.5 Å². The monoisotopic (exact) mass is 751 g/mol. The van der Waals surface area contributed by atoms with Gasteiger partial charge in [0.2, 0.25) is 11.8 Å². The highest BCUT2D eigenvalue weighted by Crippen LogP contribution is 2.14. The van der Waals surface area contributed by atoms with E-state index >= 15 is 0 Å². The molecule has 0 aromatic rings. The number of nitrogens with one attached hydrogen (secondary N) is 2. The van der Waals surface area contributed by atoms with E-state index < -0.39 is 0 Å². The van der Waals surface area contributed by atoms with Gasteiger partial charge >= 0.3 is 0 Å². The molecule has 0 radical (unpaired) electrons. The largest absolute Gasteiger partial charge is 0.395 e. The van der Waals surface area contributed by atoms with Gasteiger partial charge in [-0.3, -0.25) is 9.59 Å². The highest BCUT2D eigenvalue weighted by molar-refractivity contribution is 5.76. The minimum absolute atomic E-state index is 0.125. The van der Waals surface area contributed by atoms with E-state index in [1.54, 1.807) is 0 Å². The minimum Gasteiger partial charge on any atom is -0.395 e. The standard InChI is InChI=1S/C46H94N4O3/c1-4-7-9-11-13-15-17-19-21-23-25-27-29-31-36-47-45(52)34-41-50(40-33-39-49(38-6-3)43-44-51)42-35-46(53)48-37-32-30-28-26-24-22-20-18-16-14-12-10-8-5-2/h51H,4-44H2,1-3H3,(H,47,52)(H,48,53). The molecule has 0 aliphatic carbocycles. The van der Waals surface area contributed by atoms with Crippen molar-refractivity contribution in [3.63, 3.8) is 0 Å². The Hall–Kier alpha value is -1.18. The Bertz CT molecular complexity index is 696. The Kier molecular flexibility index (Phi) is 42.6. The minimum atomic E-state index is 0.125. The molecule has 0 rings (SSSR count). The van der Waals surface area contributed by atoms with E-state index in [1.165, 1.54) is 167 Å². The molecular weight excluding hydrogens is 657 g/mol. The summed E-state index contributed by atoms with van der Waals surface area (Å²) in [6.45, 7) is 13.3. The molecule has 0 aromatic heterocycles. The van der Waals surface area contributed by atoms with Crippen LogP contribution in [0.4, 0.5) is 0 Å². The van der Waals surface area contributed by atoms with Gasteiger partial charge < -0.3 is 25.5 Å². The summed E-state index contributed by atoms with van der Waals surface area (Å²) in [5.41, 5.74) is 0. The molecular formula is C46H94N4O3. The number of amides is 2. The van der Waals surface area contributed by atoms with Crippen molar-refractivity contribution in [2.24, 2.45) is 0 Å². The van der Waals surface area contributed by atoms with Gasteiger partial charge in [0.25, 0.3) is 0 Å². The van der Waals surface area contributed by atoms with Crippen molar-refractivity contribution in [3.8, 4) is 0 Å². The molecule has 7 nitrogen and oxygen atoms in total. The molecule has 316 valence electrons. The van der Waals surface area contributed by atoms with Gasteiger partial charge in [0.15, 0.2) is 0 Å². The van der Waals surface area contributed by atoms with E-state index in [0.717, 1.165) is 58.4 Å². The molecule has 2 amide bonds. The maximum atomic E-state index is 12.7. The molecule has 7 heteroatoms. The summed E-state index contributed by atoms with van der Waals surface area (Å²) in [5, 5.41) is 15.7. The maximum absolute atomic E-state index is 12.7. The molecule has 0 aromatic carbocycles. The molecule has 53 heavy (non-hydrogen) atoms. The van der Waals surface area contributed by atoms with Crippen molar-refractivity contribution in [1.29, 1.82) is 0 Å². The van der Waals surface area contributed by atoms with Gasteiger partial charge in [0.05, 0.1) is 6.61 Å². The maximum Gasteiger partial charge on any atom is 0.221 e. The van der Waals surface area contributed by atoms with Crippen LogP contribution in [0.5, 0.6) is 0 Å². The topological polar surface area (TPSA) is 84.9 Å². The highest BCUT2D eigenvalue weighted by atomic mass is 16.3. The van der Waals surface area contributed by atoms with Gasteiger partial charge in [-0.15, -0.1) is 0 Å². The molecule has 0 saturated heterocycles. The quantitative estimate of drug-likeness (QED) is 0.0540. The Morgan fingerprint density at radius 1 is 0.358 bits per heavy atom. The van der Waals surface area contributed by atoms with Gasteiger partial charge in [-0.2, -0.15) is 0 Å². The second-order valence-corrected chi connectivity index (χ2v) is 16.2. The van der Waals surface area contributed by atoms with E-state index in [9.17, 15) is 14.7 Å². The molecule has 3 N–H and O–H groups in total. The van der Waals surface area contributed by atoms with Crippen molar-refractivity contribution in [1.82, 2.24) is 20.4 Å². The number of aliphatic hydroxyl groups excluding tert-OH is 1. The van der Waals surface area contributed by atoms with Crippen molar-refractivity contribution in [2.75, 3.05) is 59.0 Å². The van der Waals surface area contributed by atoms with E-state index in [-0.39, 0.29) is 18.4 Å². The van der Waals surface area contributed by atoms with Crippen LogP contribution in [-0.4, -0.2) is 85.7 Å². The van der Waals surface area contributed by atoms with Gasteiger partial charge in [0.1, 0.15) is 0 Å². The van der Waals surface area contributed by atoms with Crippen molar-refractivity contribution in [3.05, 3.63) is 0 Å². The number of hydrogen-bond donors (Lipinski definition) is 3. The second-order valence-electron chi connectivity index (χ2n) is 16.2. The molecule has 0 atom stereocenters. The van der Waals surface area contributed by atoms with E-state index in [1.807, 2.05) is 0 Å². The number of carbonyl (C=O) groups excluding carboxylic acids is 2. The molecule has 0 aliphatic heterocycles. The smallest absolute Gasteiger partial charge is 0.221 e. The number of rotatable bonds is 44. The van der Waals surface area contributed by atoms with Crippen LogP contribution < -0.4 is 10.6 Å². The van der Waals surface area contributed by atoms with Crippen molar-refractivity contribution < 1.29 is 14.7 Å². The lowest BCUT2D eigenvalue weighted by molar-refractivity contribution is -0.121. The summed E-state index contributed by atoms with van der Waals surface area (Å²) in [4.78, 5) is 30.0. The Morgan fingerprint density at radius 3 is 0.962 bits per heavy atom. The first-order valence-electron chi connectivity index (χ1n) is 23.7. The fraction of sp³-hybridized carbons (Fsp3) is 0.957. The lowest BCUT2D eigenvalue weighted by Gasteiger charge is -2.25. The third kappa shape index (κ3) is 40.3. The zero-order valence-electron chi connectivity index (χ0n) is 36.1. The summed E-state index contributed by atoms with van der Waals surface area (Å²) in [6.07, 6.45) is 40.6. The summed E-state index contributed by atoms with van der Waals surface area (Å²) in [5.74, 6) is 0.250. The lowest BCUT2D eigenvalue weighted by atomic mass is 10.0. The van der Waals surface area contributed by atoms with Crippen LogP contribution in [0.15, 0.2) is 0 Å². The van der Waals surface area contributed by atoms with Crippen molar-refractivity contribution in [2.45, 2.75) is 226 Å². The van der Waals surface area contributed by atoms with E-state index in [4.69, 9.17) is 0 Å². The van der Waals surface area contributed by atoms with Gasteiger partial charge in [0, 0.05) is 45.6 Å². The number of carbonyl (C=O) groups is 2. The van der Waals surface area contributed by atoms with Crippen molar-refractivity contribution >= 4 is 11.8 Å². The number of unbranched alkanes of at least 4 members (excludes halogenated alkanes) is 26. The Balaban J connectivity index is 4.12. The normalized spacial score (nSPS) is 11.6. The number of hydrogen-bond acceptors (Lipinski definition) is 5. The second kappa shape index (κ2) is 43.5. The predicted molar refractivity (Wildman–Crippen MR) is 231 cm³/mol. The zero-order valence-corrected chi connectivity index (χ0v) is 36.1. The number of nitrogens with zero attached hydrogens (tertiary/aromatic N) is 2. The molecule has 0 heterocycles. The van der Waals surface area contributed by atoms with Gasteiger partial charge in [-0.05, 0) is 45.3 Å². The first-order chi connectivity index (χ1) is 26.1. The zero-order chi connectivity index (χ0) is 38.7. The highest BCUT2D eigenvalue weighted by Gasteiger charge is 2.12. The van der Waals surface area contributed by atoms with Crippen LogP contribution in [0.25, 0.3) is 0 Å². The van der Waals surface area contributed by atoms with Gasteiger partial charge in [-0.25, -0.2) is 0 Å². The summed E-state index contributed by atoms with van der Waals surface area (Å²) in [7, 11) is 0. The fourth-order valence-electron chi connectivity index (χ4n) is 7.44. The predicted octanol–water partition coefficient (Wildman–Crippen LogP) is 11.4. The summed E-state index contributed by atoms with van der Waals surface area (Å²) in [6, 6.07) is 0. The lowest BCUT2D eigenvalue weighted by Crippen LogP contribution is -2.37. The Morgan fingerprint density at radius 2 is 0.660 bits per heavy atom. The molecule has 0 fully saturated rings. The van der Waals surface area contributed by atoms with Crippen LogP contribution in [0, 0.1) is 0 Å². The first kappa shape index (κ1) is 51.8. The summed E-state index contributed by atoms with van der Waals surface area (Å²) >= 11 is 0. The van der Waals surface area contributed by atoms with Crippen LogP contribution in [0.1, 0.15) is 226 Å². The fourth-order valence-corrected chi connectivity index (χ4v) is 7.44. The SMILES string of the molecule is CCCCCCCCCCCCCCCCNC(=O)CCN(CCCN(CCC)CCO)CCC(=O)NCCCCCCCCCCCCCCCC. The van der Waals surface area contributed by atoms with Gasteiger partial charge in [-0.1, -0.05) is 188 Å². The van der Waals surface area contributed by atoms with Crippen LogP contribution in [0.3, 0.4) is 0 Å². The average Bonchev–Trinajstić information content (AvgIpc) is 3.15. The summed E-state index contributed by atoms with van der Waals surface area (Å²) < 4.78 is 0. The molecule has 0 saturated carbocycles. The van der Waals surface area contributed by atoms with Crippen LogP contribution in [-0.2, 0) is 9.59 Å². The first-order valence-corrected chi connectivity index (χ1v) is 23.7. The molecule has 0 aliphatic rings.